The molecule has 0 spiro atoms. The molecule has 0 aliphatic heterocycles. The van der Waals surface area contributed by atoms with E-state index in [1.54, 1.807) is 14.2 Å². The van der Waals surface area contributed by atoms with Crippen molar-refractivity contribution in [3.63, 3.8) is 0 Å². The molecule has 1 atom stereocenters. The number of rotatable bonds is 6. The number of benzene rings is 1. The first-order valence-corrected chi connectivity index (χ1v) is 7.07. The number of methoxy groups -OCH3 is 2. The normalized spacial score (nSPS) is 12.0. The van der Waals surface area contributed by atoms with Gasteiger partial charge in [-0.1, -0.05) is 13.0 Å². The number of hydrogen-bond acceptors (Lipinski definition) is 4. The van der Waals surface area contributed by atoms with Crippen molar-refractivity contribution < 1.29 is 9.47 Å². The topological polar surface area (TPSA) is 48.3 Å². The third-order valence-electron chi connectivity index (χ3n) is 3.56. The number of anilines is 1. The fourth-order valence-electron chi connectivity index (χ4n) is 2.42. The van der Waals surface area contributed by atoms with Crippen molar-refractivity contribution in [1.82, 2.24) is 9.78 Å². The molecule has 1 unspecified atom stereocenters. The van der Waals surface area contributed by atoms with Crippen molar-refractivity contribution in [2.45, 2.75) is 26.3 Å². The maximum atomic E-state index is 5.38. The summed E-state index contributed by atoms with van der Waals surface area (Å²) in [6.07, 6.45) is 2.96. The van der Waals surface area contributed by atoms with E-state index in [1.165, 1.54) is 5.56 Å². The number of aryl methyl sites for hydroxylation is 2. The fraction of sp³-hybridized carbons (Fsp3) is 0.438. The minimum Gasteiger partial charge on any atom is -0.493 e. The first kappa shape index (κ1) is 15.2. The van der Waals surface area contributed by atoms with Crippen LogP contribution in [0.4, 0.5) is 5.69 Å². The molecule has 0 aliphatic carbocycles. The second-order valence-corrected chi connectivity index (χ2v) is 5.02. The highest BCUT2D eigenvalue weighted by Gasteiger charge is 2.14. The summed E-state index contributed by atoms with van der Waals surface area (Å²) >= 11 is 0. The van der Waals surface area contributed by atoms with E-state index in [4.69, 9.17) is 9.47 Å². The molecule has 5 nitrogen and oxygen atoms in total. The molecule has 21 heavy (non-hydrogen) atoms. The van der Waals surface area contributed by atoms with Crippen LogP contribution in [0.2, 0.25) is 0 Å². The van der Waals surface area contributed by atoms with Gasteiger partial charge in [0.2, 0.25) is 0 Å². The minimum absolute atomic E-state index is 0.202. The van der Waals surface area contributed by atoms with Crippen LogP contribution >= 0.6 is 0 Å². The molecule has 2 rings (SSSR count). The van der Waals surface area contributed by atoms with Crippen LogP contribution in [0.5, 0.6) is 11.5 Å². The van der Waals surface area contributed by atoms with E-state index in [0.717, 1.165) is 29.3 Å². The van der Waals surface area contributed by atoms with Crippen molar-refractivity contribution in [3.8, 4) is 11.5 Å². The lowest BCUT2D eigenvalue weighted by Gasteiger charge is -2.19. The van der Waals surface area contributed by atoms with E-state index < -0.39 is 0 Å². The summed E-state index contributed by atoms with van der Waals surface area (Å²) in [4.78, 5) is 0. The van der Waals surface area contributed by atoms with E-state index in [0.29, 0.717) is 0 Å². The zero-order chi connectivity index (χ0) is 15.4. The highest BCUT2D eigenvalue weighted by atomic mass is 16.5. The van der Waals surface area contributed by atoms with E-state index in [-0.39, 0.29) is 6.04 Å². The Hall–Kier alpha value is -2.17. The highest BCUT2D eigenvalue weighted by Crippen LogP contribution is 2.32. The van der Waals surface area contributed by atoms with Gasteiger partial charge in [-0.3, -0.25) is 4.68 Å². The van der Waals surface area contributed by atoms with Gasteiger partial charge in [0, 0.05) is 13.2 Å². The summed E-state index contributed by atoms with van der Waals surface area (Å²) < 4.78 is 12.5. The van der Waals surface area contributed by atoms with Gasteiger partial charge in [-0.2, -0.15) is 5.10 Å². The van der Waals surface area contributed by atoms with E-state index in [1.807, 2.05) is 37.0 Å². The minimum atomic E-state index is 0.202. The molecule has 0 aliphatic rings. The molecule has 2 aromatic rings. The van der Waals surface area contributed by atoms with Gasteiger partial charge < -0.3 is 14.8 Å². The van der Waals surface area contributed by atoms with Crippen LogP contribution in [0.25, 0.3) is 0 Å². The maximum absolute atomic E-state index is 5.38. The van der Waals surface area contributed by atoms with Crippen molar-refractivity contribution in [1.29, 1.82) is 0 Å². The average Bonchev–Trinajstić information content (AvgIpc) is 2.81. The number of ether oxygens (including phenoxy) is 2. The van der Waals surface area contributed by atoms with Crippen LogP contribution in [0.1, 0.15) is 30.6 Å². The van der Waals surface area contributed by atoms with Crippen molar-refractivity contribution in [2.75, 3.05) is 19.5 Å². The lowest BCUT2D eigenvalue weighted by molar-refractivity contribution is 0.354. The van der Waals surface area contributed by atoms with Crippen LogP contribution in [-0.2, 0) is 7.05 Å². The summed E-state index contributed by atoms with van der Waals surface area (Å²) in [6, 6.07) is 6.22. The third-order valence-corrected chi connectivity index (χ3v) is 3.56. The quantitative estimate of drug-likeness (QED) is 0.886. The number of nitrogens with one attached hydrogen (secondary N) is 1. The molecule has 1 heterocycles. The first-order valence-electron chi connectivity index (χ1n) is 7.07. The maximum Gasteiger partial charge on any atom is 0.161 e. The Morgan fingerprint density at radius 2 is 1.95 bits per heavy atom. The Morgan fingerprint density at radius 1 is 1.24 bits per heavy atom. The second-order valence-electron chi connectivity index (χ2n) is 5.02. The van der Waals surface area contributed by atoms with Gasteiger partial charge in [-0.15, -0.1) is 0 Å². The van der Waals surface area contributed by atoms with Gasteiger partial charge in [0.15, 0.2) is 11.5 Å². The molecule has 0 fully saturated rings. The van der Waals surface area contributed by atoms with Crippen LogP contribution in [0, 0.1) is 6.92 Å². The monoisotopic (exact) mass is 289 g/mol. The molecule has 1 N–H and O–H groups in total. The molecule has 0 saturated heterocycles. The predicted molar refractivity (Wildman–Crippen MR) is 84.1 cm³/mol. The fourth-order valence-corrected chi connectivity index (χ4v) is 2.42. The van der Waals surface area contributed by atoms with Crippen LogP contribution in [0.3, 0.4) is 0 Å². The van der Waals surface area contributed by atoms with Crippen LogP contribution in [0.15, 0.2) is 24.4 Å². The number of nitrogens with zero attached hydrogens (tertiary/aromatic N) is 2. The molecule has 1 aromatic heterocycles. The largest absolute Gasteiger partial charge is 0.493 e. The second kappa shape index (κ2) is 6.52. The summed E-state index contributed by atoms with van der Waals surface area (Å²) in [7, 11) is 5.23. The molecule has 0 bridgehead atoms. The predicted octanol–water partition coefficient (Wildman–Crippen LogP) is 3.31. The molecule has 114 valence electrons. The van der Waals surface area contributed by atoms with Gasteiger partial charge in [-0.05, 0) is 31.0 Å². The SMILES string of the molecule is CCC(Nc1cn(C)nc1C)c1ccc(OC)c(OC)c1. The Balaban J connectivity index is 2.27. The lowest BCUT2D eigenvalue weighted by Crippen LogP contribution is -2.10. The smallest absolute Gasteiger partial charge is 0.161 e. The summed E-state index contributed by atoms with van der Waals surface area (Å²) in [5.74, 6) is 1.49. The molecular weight excluding hydrogens is 266 g/mol. The zero-order valence-corrected chi connectivity index (χ0v) is 13.3. The van der Waals surface area contributed by atoms with Crippen molar-refractivity contribution >= 4 is 5.69 Å². The zero-order valence-electron chi connectivity index (χ0n) is 13.3. The standard InChI is InChI=1S/C16H23N3O2/c1-6-13(17-14-10-19(3)18-11(14)2)12-7-8-15(20-4)16(9-12)21-5/h7-10,13,17H,6H2,1-5H3. The van der Waals surface area contributed by atoms with E-state index >= 15 is 0 Å². The molecule has 0 radical (unpaired) electrons. The van der Waals surface area contributed by atoms with E-state index in [9.17, 15) is 0 Å². The summed E-state index contributed by atoms with van der Waals surface area (Å²) in [5.41, 5.74) is 3.22. The van der Waals surface area contributed by atoms with Crippen LogP contribution < -0.4 is 14.8 Å². The Kier molecular flexibility index (Phi) is 4.73. The third kappa shape index (κ3) is 3.29. The number of aromatic nitrogens is 2. The summed E-state index contributed by atoms with van der Waals surface area (Å²) in [5, 5.41) is 7.91. The van der Waals surface area contributed by atoms with Gasteiger partial charge >= 0.3 is 0 Å². The average molecular weight is 289 g/mol. The molecule has 5 heteroatoms. The van der Waals surface area contributed by atoms with Gasteiger partial charge in [0.25, 0.3) is 0 Å². The molecular formula is C16H23N3O2. The van der Waals surface area contributed by atoms with Gasteiger partial charge in [0.05, 0.1) is 31.6 Å². The Labute approximate surface area is 125 Å². The molecule has 0 saturated carbocycles. The van der Waals surface area contributed by atoms with Crippen molar-refractivity contribution in [3.05, 3.63) is 35.7 Å². The lowest BCUT2D eigenvalue weighted by atomic mass is 10.0. The summed E-state index contributed by atoms with van der Waals surface area (Å²) in [6.45, 7) is 4.16. The molecule has 1 aromatic carbocycles. The van der Waals surface area contributed by atoms with Crippen molar-refractivity contribution in [2.24, 2.45) is 7.05 Å². The molecule has 0 amide bonds. The number of hydrogen-bond donors (Lipinski definition) is 1. The Morgan fingerprint density at radius 3 is 2.48 bits per heavy atom. The first-order chi connectivity index (χ1) is 10.1. The van der Waals surface area contributed by atoms with Gasteiger partial charge in [0.1, 0.15) is 0 Å². The highest BCUT2D eigenvalue weighted by molar-refractivity contribution is 5.50. The Bertz CT molecular complexity index is 608. The van der Waals surface area contributed by atoms with Gasteiger partial charge in [-0.25, -0.2) is 0 Å². The van der Waals surface area contributed by atoms with Crippen LogP contribution in [-0.4, -0.2) is 24.0 Å². The van der Waals surface area contributed by atoms with E-state index in [2.05, 4.69) is 23.4 Å².